The molecule has 0 bridgehead atoms. The van der Waals surface area contributed by atoms with Crippen molar-refractivity contribution < 1.29 is 0 Å². The Bertz CT molecular complexity index is 679. The van der Waals surface area contributed by atoms with Gasteiger partial charge in [-0.1, -0.05) is 30.3 Å². The third-order valence-electron chi connectivity index (χ3n) is 2.83. The first-order valence-electron chi connectivity index (χ1n) is 6.21. The van der Waals surface area contributed by atoms with E-state index in [0.717, 1.165) is 27.2 Å². The van der Waals surface area contributed by atoms with Crippen LogP contribution < -0.4 is 5.32 Å². The SMILES string of the molecule is Brc1ccc(Nc2ccc(-c3ccccc3)nc2)nc1. The molecule has 0 saturated carbocycles. The lowest BCUT2D eigenvalue weighted by atomic mass is 10.1. The molecule has 0 fully saturated rings. The summed E-state index contributed by atoms with van der Waals surface area (Å²) in [6.45, 7) is 0. The first-order chi connectivity index (χ1) is 9.81. The summed E-state index contributed by atoms with van der Waals surface area (Å²) < 4.78 is 0.959. The molecule has 20 heavy (non-hydrogen) atoms. The number of nitrogens with zero attached hydrogens (tertiary/aromatic N) is 2. The maximum Gasteiger partial charge on any atom is 0.130 e. The number of hydrogen-bond donors (Lipinski definition) is 1. The minimum atomic E-state index is 0.794. The van der Waals surface area contributed by atoms with Crippen molar-refractivity contribution in [3.05, 3.63) is 71.5 Å². The second-order valence-electron chi connectivity index (χ2n) is 4.28. The summed E-state index contributed by atoms with van der Waals surface area (Å²) in [6.07, 6.45) is 3.57. The second-order valence-corrected chi connectivity index (χ2v) is 5.20. The van der Waals surface area contributed by atoms with E-state index in [4.69, 9.17) is 0 Å². The molecule has 0 saturated heterocycles. The average Bonchev–Trinajstić information content (AvgIpc) is 2.51. The van der Waals surface area contributed by atoms with Crippen molar-refractivity contribution >= 4 is 27.4 Å². The summed E-state index contributed by atoms with van der Waals surface area (Å²) in [4.78, 5) is 8.73. The molecule has 3 nitrogen and oxygen atoms in total. The third kappa shape index (κ3) is 3.03. The zero-order chi connectivity index (χ0) is 13.8. The van der Waals surface area contributed by atoms with Crippen LogP contribution in [0.2, 0.25) is 0 Å². The van der Waals surface area contributed by atoms with Gasteiger partial charge < -0.3 is 5.32 Å². The normalized spacial score (nSPS) is 10.2. The van der Waals surface area contributed by atoms with Crippen LogP contribution in [0.15, 0.2) is 71.5 Å². The lowest BCUT2D eigenvalue weighted by molar-refractivity contribution is 1.27. The van der Waals surface area contributed by atoms with E-state index in [1.54, 1.807) is 6.20 Å². The molecule has 98 valence electrons. The van der Waals surface area contributed by atoms with Crippen molar-refractivity contribution in [3.8, 4) is 11.3 Å². The molecule has 2 heterocycles. The Morgan fingerprint density at radius 2 is 1.65 bits per heavy atom. The highest BCUT2D eigenvalue weighted by atomic mass is 79.9. The van der Waals surface area contributed by atoms with Gasteiger partial charge in [0.25, 0.3) is 0 Å². The van der Waals surface area contributed by atoms with Gasteiger partial charge in [-0.05, 0) is 40.2 Å². The Labute approximate surface area is 125 Å². The molecule has 1 aromatic carbocycles. The lowest BCUT2D eigenvalue weighted by Crippen LogP contribution is -1.94. The third-order valence-corrected chi connectivity index (χ3v) is 3.30. The van der Waals surface area contributed by atoms with Gasteiger partial charge in [0, 0.05) is 16.2 Å². The molecular weight excluding hydrogens is 314 g/mol. The van der Waals surface area contributed by atoms with E-state index in [9.17, 15) is 0 Å². The topological polar surface area (TPSA) is 37.8 Å². The van der Waals surface area contributed by atoms with Gasteiger partial charge in [-0.3, -0.25) is 4.98 Å². The van der Waals surface area contributed by atoms with Gasteiger partial charge in [-0.2, -0.15) is 0 Å². The predicted octanol–water partition coefficient (Wildman–Crippen LogP) is 4.65. The van der Waals surface area contributed by atoms with Crippen LogP contribution in [-0.2, 0) is 0 Å². The standard InChI is InChI=1S/C16H12BrN3/c17-13-6-9-16(19-10-13)20-14-7-8-15(18-11-14)12-4-2-1-3-5-12/h1-11H,(H,19,20). The van der Waals surface area contributed by atoms with Crippen molar-refractivity contribution in [2.45, 2.75) is 0 Å². The quantitative estimate of drug-likeness (QED) is 0.761. The van der Waals surface area contributed by atoms with Crippen LogP contribution in [0.5, 0.6) is 0 Å². The number of nitrogens with one attached hydrogen (secondary N) is 1. The largest absolute Gasteiger partial charge is 0.339 e. The molecule has 0 radical (unpaired) electrons. The van der Waals surface area contributed by atoms with Crippen LogP contribution in [0.1, 0.15) is 0 Å². The highest BCUT2D eigenvalue weighted by Crippen LogP contribution is 2.20. The first kappa shape index (κ1) is 12.8. The van der Waals surface area contributed by atoms with Crippen LogP contribution in [-0.4, -0.2) is 9.97 Å². The van der Waals surface area contributed by atoms with Gasteiger partial charge >= 0.3 is 0 Å². The summed E-state index contributed by atoms with van der Waals surface area (Å²) in [5, 5.41) is 3.22. The van der Waals surface area contributed by atoms with Crippen LogP contribution in [0.4, 0.5) is 11.5 Å². The van der Waals surface area contributed by atoms with Crippen molar-refractivity contribution in [3.63, 3.8) is 0 Å². The summed E-state index contributed by atoms with van der Waals surface area (Å²) in [6, 6.07) is 18.0. The fourth-order valence-electron chi connectivity index (χ4n) is 1.85. The van der Waals surface area contributed by atoms with Gasteiger partial charge in [-0.15, -0.1) is 0 Å². The Balaban J connectivity index is 1.78. The van der Waals surface area contributed by atoms with E-state index >= 15 is 0 Å². The monoisotopic (exact) mass is 325 g/mol. The van der Waals surface area contributed by atoms with Crippen molar-refractivity contribution in [1.29, 1.82) is 0 Å². The molecule has 0 aliphatic heterocycles. The number of aromatic nitrogens is 2. The molecule has 0 amide bonds. The highest BCUT2D eigenvalue weighted by Gasteiger charge is 2.00. The van der Waals surface area contributed by atoms with E-state index in [0.29, 0.717) is 0 Å². The Morgan fingerprint density at radius 1 is 0.800 bits per heavy atom. The fourth-order valence-corrected chi connectivity index (χ4v) is 2.08. The van der Waals surface area contributed by atoms with Gasteiger partial charge in [-0.25, -0.2) is 4.98 Å². The zero-order valence-electron chi connectivity index (χ0n) is 10.6. The van der Waals surface area contributed by atoms with E-state index in [-0.39, 0.29) is 0 Å². The number of anilines is 2. The van der Waals surface area contributed by atoms with Crippen molar-refractivity contribution in [2.75, 3.05) is 5.32 Å². The summed E-state index contributed by atoms with van der Waals surface area (Å²) in [7, 11) is 0. The highest BCUT2D eigenvalue weighted by molar-refractivity contribution is 9.10. The van der Waals surface area contributed by atoms with Gasteiger partial charge in [0.05, 0.1) is 17.6 Å². The number of halogens is 1. The van der Waals surface area contributed by atoms with E-state index in [1.165, 1.54) is 0 Å². The number of hydrogen-bond acceptors (Lipinski definition) is 3. The van der Waals surface area contributed by atoms with Gasteiger partial charge in [0.1, 0.15) is 5.82 Å². The summed E-state index contributed by atoms with van der Waals surface area (Å²) in [5.41, 5.74) is 2.99. The first-order valence-corrected chi connectivity index (χ1v) is 7.00. The molecule has 0 aliphatic rings. The number of pyridine rings is 2. The molecule has 1 N–H and O–H groups in total. The van der Waals surface area contributed by atoms with E-state index < -0.39 is 0 Å². The van der Waals surface area contributed by atoms with Crippen molar-refractivity contribution in [2.24, 2.45) is 0 Å². The maximum atomic E-state index is 4.46. The molecule has 0 unspecified atom stereocenters. The Hall–Kier alpha value is -2.20. The molecule has 3 rings (SSSR count). The smallest absolute Gasteiger partial charge is 0.130 e. The molecule has 4 heteroatoms. The van der Waals surface area contributed by atoms with Gasteiger partial charge in [0.15, 0.2) is 0 Å². The number of benzene rings is 1. The maximum absolute atomic E-state index is 4.46. The predicted molar refractivity (Wildman–Crippen MR) is 84.9 cm³/mol. The number of rotatable bonds is 3. The van der Waals surface area contributed by atoms with E-state index in [2.05, 4.69) is 31.2 Å². The Morgan fingerprint density at radius 3 is 2.30 bits per heavy atom. The Kier molecular flexibility index (Phi) is 3.74. The zero-order valence-corrected chi connectivity index (χ0v) is 12.2. The second kappa shape index (κ2) is 5.84. The van der Waals surface area contributed by atoms with Crippen LogP contribution >= 0.6 is 15.9 Å². The minimum absolute atomic E-state index is 0.794. The van der Waals surface area contributed by atoms with Crippen molar-refractivity contribution in [1.82, 2.24) is 9.97 Å². The van der Waals surface area contributed by atoms with Crippen LogP contribution in [0.3, 0.4) is 0 Å². The summed E-state index contributed by atoms with van der Waals surface area (Å²) >= 11 is 3.36. The fraction of sp³-hybridized carbons (Fsp3) is 0. The average molecular weight is 326 g/mol. The molecule has 2 aromatic heterocycles. The molecule has 0 atom stereocenters. The lowest BCUT2D eigenvalue weighted by Gasteiger charge is -2.06. The van der Waals surface area contributed by atoms with Crippen LogP contribution in [0.25, 0.3) is 11.3 Å². The molecule has 3 aromatic rings. The summed E-state index contributed by atoms with van der Waals surface area (Å²) in [5.74, 6) is 0.794. The van der Waals surface area contributed by atoms with Gasteiger partial charge in [0.2, 0.25) is 0 Å². The molecule has 0 aliphatic carbocycles. The van der Waals surface area contributed by atoms with E-state index in [1.807, 2.05) is 60.8 Å². The molecular formula is C16H12BrN3. The molecule has 0 spiro atoms. The van der Waals surface area contributed by atoms with Crippen LogP contribution in [0, 0.1) is 0 Å². The minimum Gasteiger partial charge on any atom is -0.339 e.